The van der Waals surface area contributed by atoms with E-state index in [0.29, 0.717) is 5.69 Å². The molecule has 17 heavy (non-hydrogen) atoms. The van der Waals surface area contributed by atoms with Gasteiger partial charge in [0.15, 0.2) is 11.6 Å². The quantitative estimate of drug-likeness (QED) is 0.749. The highest BCUT2D eigenvalue weighted by Crippen LogP contribution is 2.12. The minimum atomic E-state index is -1.06. The molecule has 0 spiro atoms. The summed E-state index contributed by atoms with van der Waals surface area (Å²) in [5.74, 6) is -2.54. The summed E-state index contributed by atoms with van der Waals surface area (Å²) in [6.07, 6.45) is 2.74. The third-order valence-corrected chi connectivity index (χ3v) is 2.20. The number of aryl methyl sites for hydroxylation is 1. The van der Waals surface area contributed by atoms with Crippen LogP contribution in [0.2, 0.25) is 0 Å². The molecular weight excluding hydrogens is 226 g/mol. The van der Waals surface area contributed by atoms with Gasteiger partial charge in [-0.05, 0) is 25.1 Å². The second-order valence-electron chi connectivity index (χ2n) is 3.50. The maximum absolute atomic E-state index is 13.0. The van der Waals surface area contributed by atoms with Crippen LogP contribution in [-0.2, 0) is 0 Å². The smallest absolute Gasteiger partial charge is 0.213 e. The summed E-state index contributed by atoms with van der Waals surface area (Å²) in [5.41, 5.74) is 0.815. The standard InChI is InChI=1S/C12H8F2N2O/c1-7-5-16-11(6-15-7)12(17)8-2-3-9(13)10(14)4-8/h2-6H,1H3. The van der Waals surface area contributed by atoms with Crippen LogP contribution in [0, 0.1) is 18.6 Å². The van der Waals surface area contributed by atoms with Gasteiger partial charge < -0.3 is 0 Å². The highest BCUT2D eigenvalue weighted by Gasteiger charge is 2.13. The molecular formula is C12H8F2N2O. The monoisotopic (exact) mass is 234 g/mol. The largest absolute Gasteiger partial charge is 0.287 e. The van der Waals surface area contributed by atoms with Crippen LogP contribution in [0.3, 0.4) is 0 Å². The van der Waals surface area contributed by atoms with Crippen molar-refractivity contribution in [2.24, 2.45) is 0 Å². The molecule has 0 aliphatic heterocycles. The van der Waals surface area contributed by atoms with E-state index in [1.807, 2.05) is 0 Å². The van der Waals surface area contributed by atoms with Crippen LogP contribution < -0.4 is 0 Å². The van der Waals surface area contributed by atoms with Gasteiger partial charge in [-0.15, -0.1) is 0 Å². The topological polar surface area (TPSA) is 42.9 Å². The van der Waals surface area contributed by atoms with E-state index in [9.17, 15) is 13.6 Å². The second kappa shape index (κ2) is 4.37. The number of halogens is 2. The van der Waals surface area contributed by atoms with Crippen LogP contribution in [-0.4, -0.2) is 15.8 Å². The van der Waals surface area contributed by atoms with Crippen molar-refractivity contribution in [3.05, 3.63) is 59.2 Å². The number of aromatic nitrogens is 2. The van der Waals surface area contributed by atoms with Gasteiger partial charge in [-0.1, -0.05) is 0 Å². The molecule has 86 valence electrons. The van der Waals surface area contributed by atoms with E-state index >= 15 is 0 Å². The molecule has 0 aliphatic rings. The van der Waals surface area contributed by atoms with Crippen molar-refractivity contribution in [1.29, 1.82) is 0 Å². The van der Waals surface area contributed by atoms with E-state index in [1.165, 1.54) is 18.5 Å². The van der Waals surface area contributed by atoms with Crippen LogP contribution in [0.1, 0.15) is 21.7 Å². The summed E-state index contributed by atoms with van der Waals surface area (Å²) in [7, 11) is 0. The second-order valence-corrected chi connectivity index (χ2v) is 3.50. The number of hydrogen-bond donors (Lipinski definition) is 0. The van der Waals surface area contributed by atoms with Gasteiger partial charge in [-0.25, -0.2) is 13.8 Å². The van der Waals surface area contributed by atoms with Gasteiger partial charge >= 0.3 is 0 Å². The fourth-order valence-corrected chi connectivity index (χ4v) is 1.30. The Morgan fingerprint density at radius 1 is 1.12 bits per heavy atom. The SMILES string of the molecule is Cc1cnc(C(=O)c2ccc(F)c(F)c2)cn1. The third kappa shape index (κ3) is 2.33. The first-order valence-electron chi connectivity index (χ1n) is 4.86. The molecule has 0 saturated heterocycles. The van der Waals surface area contributed by atoms with Crippen molar-refractivity contribution < 1.29 is 13.6 Å². The van der Waals surface area contributed by atoms with E-state index in [-0.39, 0.29) is 11.3 Å². The summed E-state index contributed by atoms with van der Waals surface area (Å²) in [4.78, 5) is 19.6. The Labute approximate surface area is 96.2 Å². The highest BCUT2D eigenvalue weighted by atomic mass is 19.2. The first kappa shape index (κ1) is 11.3. The Balaban J connectivity index is 2.37. The molecule has 0 N–H and O–H groups in total. The van der Waals surface area contributed by atoms with Crippen molar-refractivity contribution in [2.45, 2.75) is 6.92 Å². The van der Waals surface area contributed by atoms with Crippen molar-refractivity contribution in [3.8, 4) is 0 Å². The van der Waals surface area contributed by atoms with Gasteiger partial charge in [-0.3, -0.25) is 9.78 Å². The fraction of sp³-hybridized carbons (Fsp3) is 0.0833. The van der Waals surface area contributed by atoms with Crippen molar-refractivity contribution in [3.63, 3.8) is 0 Å². The van der Waals surface area contributed by atoms with Gasteiger partial charge in [0.1, 0.15) is 5.69 Å². The van der Waals surface area contributed by atoms with Gasteiger partial charge in [0.2, 0.25) is 5.78 Å². The fourth-order valence-electron chi connectivity index (χ4n) is 1.30. The van der Waals surface area contributed by atoms with E-state index in [0.717, 1.165) is 12.1 Å². The van der Waals surface area contributed by atoms with E-state index in [4.69, 9.17) is 0 Å². The summed E-state index contributed by atoms with van der Waals surface area (Å²) in [6, 6.07) is 2.96. The van der Waals surface area contributed by atoms with Gasteiger partial charge in [0.25, 0.3) is 0 Å². The predicted molar refractivity (Wildman–Crippen MR) is 56.6 cm³/mol. The lowest BCUT2D eigenvalue weighted by molar-refractivity contribution is 0.103. The summed E-state index contributed by atoms with van der Waals surface area (Å²) < 4.78 is 25.7. The van der Waals surface area contributed by atoms with E-state index in [1.54, 1.807) is 6.92 Å². The lowest BCUT2D eigenvalue weighted by Crippen LogP contribution is -2.06. The lowest BCUT2D eigenvalue weighted by Gasteiger charge is -2.01. The molecule has 1 heterocycles. The van der Waals surface area contributed by atoms with Crippen molar-refractivity contribution in [1.82, 2.24) is 9.97 Å². The molecule has 1 aromatic carbocycles. The number of carbonyl (C=O) groups excluding carboxylic acids is 1. The molecule has 0 fully saturated rings. The minimum absolute atomic E-state index is 0.0436. The minimum Gasteiger partial charge on any atom is -0.287 e. The lowest BCUT2D eigenvalue weighted by atomic mass is 10.1. The predicted octanol–water partition coefficient (Wildman–Crippen LogP) is 2.29. The molecule has 0 bridgehead atoms. The molecule has 3 nitrogen and oxygen atoms in total. The van der Waals surface area contributed by atoms with Crippen LogP contribution >= 0.6 is 0 Å². The Morgan fingerprint density at radius 2 is 1.88 bits per heavy atom. The summed E-state index contributed by atoms with van der Waals surface area (Å²) in [6.45, 7) is 1.73. The van der Waals surface area contributed by atoms with Crippen LogP contribution in [0.25, 0.3) is 0 Å². The average molecular weight is 234 g/mol. The van der Waals surface area contributed by atoms with Crippen LogP contribution in [0.5, 0.6) is 0 Å². The van der Waals surface area contributed by atoms with E-state index in [2.05, 4.69) is 9.97 Å². The Bertz CT molecular complexity index is 567. The first-order valence-corrected chi connectivity index (χ1v) is 4.86. The van der Waals surface area contributed by atoms with Gasteiger partial charge in [-0.2, -0.15) is 0 Å². The van der Waals surface area contributed by atoms with Crippen molar-refractivity contribution >= 4 is 5.78 Å². The van der Waals surface area contributed by atoms with Gasteiger partial charge in [0, 0.05) is 11.8 Å². The number of benzene rings is 1. The molecule has 5 heteroatoms. The molecule has 0 aliphatic carbocycles. The number of ketones is 1. The molecule has 2 rings (SSSR count). The number of nitrogens with zero attached hydrogens (tertiary/aromatic N) is 2. The third-order valence-electron chi connectivity index (χ3n) is 2.20. The number of rotatable bonds is 2. The normalized spacial score (nSPS) is 10.3. The zero-order valence-corrected chi connectivity index (χ0v) is 8.95. The summed E-state index contributed by atoms with van der Waals surface area (Å²) in [5, 5.41) is 0. The summed E-state index contributed by atoms with van der Waals surface area (Å²) >= 11 is 0. The van der Waals surface area contributed by atoms with E-state index < -0.39 is 17.4 Å². The zero-order chi connectivity index (χ0) is 12.4. The molecule has 0 radical (unpaired) electrons. The zero-order valence-electron chi connectivity index (χ0n) is 8.95. The molecule has 2 aromatic rings. The molecule has 0 unspecified atom stereocenters. The Kier molecular flexibility index (Phi) is 2.91. The van der Waals surface area contributed by atoms with Gasteiger partial charge in [0.05, 0.1) is 11.9 Å². The average Bonchev–Trinajstić information content (AvgIpc) is 2.33. The van der Waals surface area contributed by atoms with Crippen LogP contribution in [0.4, 0.5) is 8.78 Å². The Morgan fingerprint density at radius 3 is 2.47 bits per heavy atom. The van der Waals surface area contributed by atoms with Crippen molar-refractivity contribution in [2.75, 3.05) is 0 Å². The Hall–Kier alpha value is -2.17. The van der Waals surface area contributed by atoms with Crippen LogP contribution in [0.15, 0.2) is 30.6 Å². The maximum Gasteiger partial charge on any atom is 0.213 e. The maximum atomic E-state index is 13.0. The highest BCUT2D eigenvalue weighted by molar-refractivity contribution is 6.07. The molecule has 1 aromatic heterocycles. The first-order chi connectivity index (χ1) is 8.08. The number of hydrogen-bond acceptors (Lipinski definition) is 3. The molecule has 0 saturated carbocycles. The number of carbonyl (C=O) groups is 1. The molecule has 0 atom stereocenters. The molecule has 0 amide bonds.